The molecule has 0 atom stereocenters. The Morgan fingerprint density at radius 2 is 1.90 bits per heavy atom. The minimum atomic E-state index is -0.220. The van der Waals surface area contributed by atoms with E-state index in [1.54, 1.807) is 0 Å². The number of piperidine rings is 1. The van der Waals surface area contributed by atoms with Crippen LogP contribution >= 0.6 is 0 Å². The summed E-state index contributed by atoms with van der Waals surface area (Å²) in [4.78, 5) is 25.4. The standard InChI is InChI=1S/C16H22N2O3/c1-21-15(19)12-18-9-7-14(8-10-18)16(20)17-11-13-5-3-2-4-6-13/h2-6,14H,7-12H2,1H3,(H,17,20). The normalized spacial score (nSPS) is 16.4. The van der Waals surface area contributed by atoms with Gasteiger partial charge in [-0.15, -0.1) is 0 Å². The number of amides is 1. The molecule has 1 aliphatic rings. The molecule has 5 heteroatoms. The first-order valence-electron chi connectivity index (χ1n) is 7.30. The Morgan fingerprint density at radius 3 is 2.52 bits per heavy atom. The Labute approximate surface area is 125 Å². The van der Waals surface area contributed by atoms with E-state index in [2.05, 4.69) is 10.1 Å². The summed E-state index contributed by atoms with van der Waals surface area (Å²) in [5.74, 6) is -0.0684. The average Bonchev–Trinajstić information content (AvgIpc) is 2.54. The van der Waals surface area contributed by atoms with E-state index in [0.717, 1.165) is 31.5 Å². The Hall–Kier alpha value is -1.88. The molecular formula is C16H22N2O3. The zero-order valence-corrected chi connectivity index (χ0v) is 12.4. The predicted octanol–water partition coefficient (Wildman–Crippen LogP) is 1.19. The largest absolute Gasteiger partial charge is 0.468 e. The quantitative estimate of drug-likeness (QED) is 0.828. The molecule has 21 heavy (non-hydrogen) atoms. The van der Waals surface area contributed by atoms with E-state index in [9.17, 15) is 9.59 Å². The summed E-state index contributed by atoms with van der Waals surface area (Å²) < 4.78 is 4.65. The molecule has 0 radical (unpaired) electrons. The first-order chi connectivity index (χ1) is 10.2. The van der Waals surface area contributed by atoms with Gasteiger partial charge in [0, 0.05) is 12.5 Å². The number of ether oxygens (including phenoxy) is 1. The number of likely N-dealkylation sites (tertiary alicyclic amines) is 1. The van der Waals surface area contributed by atoms with E-state index in [0.29, 0.717) is 13.1 Å². The summed E-state index contributed by atoms with van der Waals surface area (Å²) in [5, 5.41) is 2.99. The van der Waals surface area contributed by atoms with Gasteiger partial charge in [0.05, 0.1) is 13.7 Å². The van der Waals surface area contributed by atoms with Gasteiger partial charge in [-0.05, 0) is 31.5 Å². The van der Waals surface area contributed by atoms with Gasteiger partial charge in [-0.3, -0.25) is 14.5 Å². The molecule has 5 nitrogen and oxygen atoms in total. The molecule has 0 saturated carbocycles. The van der Waals surface area contributed by atoms with Crippen LogP contribution in [0, 0.1) is 5.92 Å². The maximum Gasteiger partial charge on any atom is 0.319 e. The lowest BCUT2D eigenvalue weighted by Gasteiger charge is -2.30. The SMILES string of the molecule is COC(=O)CN1CCC(C(=O)NCc2ccccc2)CC1. The number of esters is 1. The van der Waals surface area contributed by atoms with E-state index < -0.39 is 0 Å². The van der Waals surface area contributed by atoms with Gasteiger partial charge < -0.3 is 10.1 Å². The number of carbonyl (C=O) groups is 2. The second-order valence-corrected chi connectivity index (χ2v) is 5.33. The fraction of sp³-hybridized carbons (Fsp3) is 0.500. The molecule has 1 heterocycles. The van der Waals surface area contributed by atoms with E-state index in [-0.39, 0.29) is 17.8 Å². The van der Waals surface area contributed by atoms with Crippen LogP contribution in [0.1, 0.15) is 18.4 Å². The lowest BCUT2D eigenvalue weighted by molar-refractivity contribution is -0.142. The first-order valence-corrected chi connectivity index (χ1v) is 7.30. The van der Waals surface area contributed by atoms with Crippen molar-refractivity contribution >= 4 is 11.9 Å². The third-order valence-corrected chi connectivity index (χ3v) is 3.85. The molecule has 1 amide bonds. The molecule has 1 N–H and O–H groups in total. The second kappa shape index (κ2) is 7.78. The minimum Gasteiger partial charge on any atom is -0.468 e. The van der Waals surface area contributed by atoms with Crippen LogP contribution in [0.3, 0.4) is 0 Å². The fourth-order valence-corrected chi connectivity index (χ4v) is 2.53. The number of rotatable bonds is 5. The monoisotopic (exact) mass is 290 g/mol. The molecule has 2 rings (SSSR count). The molecule has 0 unspecified atom stereocenters. The number of methoxy groups -OCH3 is 1. The van der Waals surface area contributed by atoms with Crippen molar-refractivity contribution in [1.82, 2.24) is 10.2 Å². The topological polar surface area (TPSA) is 58.6 Å². The number of hydrogen-bond acceptors (Lipinski definition) is 4. The van der Waals surface area contributed by atoms with Crippen LogP contribution in [-0.4, -0.2) is 43.5 Å². The van der Waals surface area contributed by atoms with E-state index in [4.69, 9.17) is 0 Å². The van der Waals surface area contributed by atoms with Crippen molar-refractivity contribution in [3.05, 3.63) is 35.9 Å². The van der Waals surface area contributed by atoms with Gasteiger partial charge in [0.2, 0.25) is 5.91 Å². The highest BCUT2D eigenvalue weighted by atomic mass is 16.5. The van der Waals surface area contributed by atoms with E-state index in [1.807, 2.05) is 35.2 Å². The summed E-state index contributed by atoms with van der Waals surface area (Å²) in [5.41, 5.74) is 1.11. The van der Waals surface area contributed by atoms with Crippen LogP contribution in [0.25, 0.3) is 0 Å². The summed E-state index contributed by atoms with van der Waals surface area (Å²) in [6.45, 7) is 2.41. The molecule has 0 spiro atoms. The second-order valence-electron chi connectivity index (χ2n) is 5.33. The van der Waals surface area contributed by atoms with Crippen molar-refractivity contribution < 1.29 is 14.3 Å². The molecular weight excluding hydrogens is 268 g/mol. The molecule has 1 aromatic carbocycles. The van der Waals surface area contributed by atoms with Crippen LogP contribution in [0.2, 0.25) is 0 Å². The highest BCUT2D eigenvalue weighted by molar-refractivity contribution is 5.78. The molecule has 114 valence electrons. The number of benzene rings is 1. The van der Waals surface area contributed by atoms with Gasteiger partial charge in [-0.2, -0.15) is 0 Å². The van der Waals surface area contributed by atoms with E-state index in [1.165, 1.54) is 7.11 Å². The summed E-state index contributed by atoms with van der Waals surface area (Å²) in [6.07, 6.45) is 1.58. The fourth-order valence-electron chi connectivity index (χ4n) is 2.53. The average molecular weight is 290 g/mol. The van der Waals surface area contributed by atoms with Crippen LogP contribution in [0.4, 0.5) is 0 Å². The summed E-state index contributed by atoms with van der Waals surface area (Å²) in [6, 6.07) is 9.89. The third kappa shape index (κ3) is 4.86. The molecule has 0 aromatic heterocycles. The van der Waals surface area contributed by atoms with Crippen molar-refractivity contribution in [2.75, 3.05) is 26.7 Å². The molecule has 1 aromatic rings. The number of hydrogen-bond donors (Lipinski definition) is 1. The van der Waals surface area contributed by atoms with Gasteiger partial charge in [0.1, 0.15) is 0 Å². The van der Waals surface area contributed by atoms with Crippen molar-refractivity contribution in [3.63, 3.8) is 0 Å². The van der Waals surface area contributed by atoms with Gasteiger partial charge in [-0.25, -0.2) is 0 Å². The smallest absolute Gasteiger partial charge is 0.319 e. The number of nitrogens with zero attached hydrogens (tertiary/aromatic N) is 1. The van der Waals surface area contributed by atoms with Crippen LogP contribution in [-0.2, 0) is 20.9 Å². The highest BCUT2D eigenvalue weighted by Gasteiger charge is 2.25. The third-order valence-electron chi connectivity index (χ3n) is 3.85. The molecule has 1 aliphatic heterocycles. The van der Waals surface area contributed by atoms with Crippen molar-refractivity contribution in [1.29, 1.82) is 0 Å². The highest BCUT2D eigenvalue weighted by Crippen LogP contribution is 2.17. The zero-order valence-electron chi connectivity index (χ0n) is 12.4. The van der Waals surface area contributed by atoms with Crippen LogP contribution in [0.15, 0.2) is 30.3 Å². The van der Waals surface area contributed by atoms with Crippen LogP contribution < -0.4 is 5.32 Å². The van der Waals surface area contributed by atoms with Gasteiger partial charge >= 0.3 is 5.97 Å². The van der Waals surface area contributed by atoms with Crippen LogP contribution in [0.5, 0.6) is 0 Å². The maximum atomic E-state index is 12.1. The molecule has 1 fully saturated rings. The lowest BCUT2D eigenvalue weighted by Crippen LogP contribution is -2.42. The molecule has 0 bridgehead atoms. The summed E-state index contributed by atoms with van der Waals surface area (Å²) in [7, 11) is 1.39. The Balaban J connectivity index is 1.72. The van der Waals surface area contributed by atoms with E-state index >= 15 is 0 Å². The molecule has 0 aliphatic carbocycles. The molecule has 1 saturated heterocycles. The Kier molecular flexibility index (Phi) is 5.75. The van der Waals surface area contributed by atoms with Gasteiger partial charge in [0.15, 0.2) is 0 Å². The minimum absolute atomic E-state index is 0.0441. The summed E-state index contributed by atoms with van der Waals surface area (Å²) >= 11 is 0. The van der Waals surface area contributed by atoms with Crippen molar-refractivity contribution in [2.24, 2.45) is 5.92 Å². The first kappa shape index (κ1) is 15.5. The zero-order chi connectivity index (χ0) is 15.1. The Morgan fingerprint density at radius 1 is 1.24 bits per heavy atom. The maximum absolute atomic E-state index is 12.1. The predicted molar refractivity (Wildman–Crippen MR) is 79.5 cm³/mol. The van der Waals surface area contributed by atoms with Crippen molar-refractivity contribution in [2.45, 2.75) is 19.4 Å². The number of nitrogens with one attached hydrogen (secondary N) is 1. The lowest BCUT2D eigenvalue weighted by atomic mass is 9.96. The Bertz CT molecular complexity index is 468. The van der Waals surface area contributed by atoms with Gasteiger partial charge in [-0.1, -0.05) is 30.3 Å². The van der Waals surface area contributed by atoms with Crippen molar-refractivity contribution in [3.8, 4) is 0 Å². The van der Waals surface area contributed by atoms with Gasteiger partial charge in [0.25, 0.3) is 0 Å². The number of carbonyl (C=O) groups excluding carboxylic acids is 2.